The minimum Gasteiger partial charge on any atom is -0.480 e. The first-order valence-electron chi connectivity index (χ1n) is 6.85. The Morgan fingerprint density at radius 1 is 1.38 bits per heavy atom. The molecule has 1 aromatic heterocycles. The minimum atomic E-state index is -1.31. The molecule has 1 aliphatic heterocycles. The van der Waals surface area contributed by atoms with Gasteiger partial charge in [-0.05, 0) is 18.1 Å². The number of aromatic amines is 1. The Morgan fingerprint density at radius 3 is 2.86 bits per heavy atom. The third kappa shape index (κ3) is 2.38. The summed E-state index contributed by atoms with van der Waals surface area (Å²) in [5.74, 6) is -1.14. The molecular formula is C15H17N3O3. The van der Waals surface area contributed by atoms with E-state index in [0.717, 1.165) is 16.5 Å². The molecule has 2 heterocycles. The molecule has 6 nitrogen and oxygen atoms in total. The van der Waals surface area contributed by atoms with Gasteiger partial charge in [-0.25, -0.2) is 0 Å². The quantitative estimate of drug-likeness (QED) is 0.774. The van der Waals surface area contributed by atoms with E-state index in [1.54, 1.807) is 0 Å². The number of hydrogen-bond acceptors (Lipinski definition) is 3. The molecular weight excluding hydrogens is 270 g/mol. The van der Waals surface area contributed by atoms with Crippen molar-refractivity contribution in [1.82, 2.24) is 9.88 Å². The highest BCUT2D eigenvalue weighted by molar-refractivity contribution is 5.89. The molecule has 1 aromatic carbocycles. The summed E-state index contributed by atoms with van der Waals surface area (Å²) < 4.78 is 0. The topological polar surface area (TPSA) is 99.4 Å². The maximum atomic E-state index is 12.3. The van der Waals surface area contributed by atoms with Gasteiger partial charge in [0.05, 0.1) is 6.42 Å². The molecule has 1 unspecified atom stereocenters. The summed E-state index contributed by atoms with van der Waals surface area (Å²) in [7, 11) is 0. The molecule has 0 bridgehead atoms. The van der Waals surface area contributed by atoms with Crippen LogP contribution >= 0.6 is 0 Å². The molecule has 0 spiro atoms. The summed E-state index contributed by atoms with van der Waals surface area (Å²) in [6.07, 6.45) is 2.37. The van der Waals surface area contributed by atoms with Crippen LogP contribution in [0.5, 0.6) is 0 Å². The maximum Gasteiger partial charge on any atom is 0.325 e. The molecule has 0 radical (unpaired) electrons. The fourth-order valence-electron chi connectivity index (χ4n) is 2.77. The molecule has 21 heavy (non-hydrogen) atoms. The van der Waals surface area contributed by atoms with E-state index in [9.17, 15) is 9.59 Å². The Morgan fingerprint density at radius 2 is 2.14 bits per heavy atom. The predicted octanol–water partition coefficient (Wildman–Crippen LogP) is 0.725. The number of aromatic nitrogens is 1. The summed E-state index contributed by atoms with van der Waals surface area (Å²) in [5, 5.41) is 10.1. The Hall–Kier alpha value is -2.34. The number of benzene rings is 1. The summed E-state index contributed by atoms with van der Waals surface area (Å²) in [6.45, 7) is 0.466. The van der Waals surface area contributed by atoms with Crippen molar-refractivity contribution in [2.24, 2.45) is 5.73 Å². The standard InChI is InChI=1S/C15H17N3O3/c16-15(14(20)21)5-6-18(9-15)13(19)7-10-8-17-12-4-2-1-3-11(10)12/h1-4,8,17H,5-7,9,16H2,(H,20,21). The molecule has 6 heteroatoms. The molecule has 1 aliphatic rings. The molecule has 1 fully saturated rings. The lowest BCUT2D eigenvalue weighted by Crippen LogP contribution is -2.50. The van der Waals surface area contributed by atoms with Crippen LogP contribution in [0.15, 0.2) is 30.5 Å². The van der Waals surface area contributed by atoms with Gasteiger partial charge in [-0.15, -0.1) is 0 Å². The van der Waals surface area contributed by atoms with Gasteiger partial charge in [0, 0.05) is 30.2 Å². The average Bonchev–Trinajstić information content (AvgIpc) is 3.05. The Balaban J connectivity index is 1.74. The van der Waals surface area contributed by atoms with E-state index < -0.39 is 11.5 Å². The lowest BCUT2D eigenvalue weighted by molar-refractivity contribution is -0.143. The van der Waals surface area contributed by atoms with Crippen LogP contribution in [0, 0.1) is 0 Å². The lowest BCUT2D eigenvalue weighted by Gasteiger charge is -2.20. The van der Waals surface area contributed by atoms with Crippen molar-refractivity contribution in [3.8, 4) is 0 Å². The van der Waals surface area contributed by atoms with E-state index in [4.69, 9.17) is 10.8 Å². The number of H-pyrrole nitrogens is 1. The van der Waals surface area contributed by atoms with Crippen molar-refractivity contribution in [2.75, 3.05) is 13.1 Å². The second-order valence-electron chi connectivity index (χ2n) is 5.56. The first kappa shape index (κ1) is 13.6. The molecule has 4 N–H and O–H groups in total. The number of hydrogen-bond donors (Lipinski definition) is 3. The number of nitrogens with zero attached hydrogens (tertiary/aromatic N) is 1. The molecule has 0 aliphatic carbocycles. The second kappa shape index (κ2) is 4.89. The van der Waals surface area contributed by atoms with Crippen LogP contribution in [0.4, 0.5) is 0 Å². The first-order valence-corrected chi connectivity index (χ1v) is 6.85. The van der Waals surface area contributed by atoms with Crippen LogP contribution in [-0.4, -0.2) is 45.5 Å². The third-order valence-electron chi connectivity index (χ3n) is 4.10. The Bertz CT molecular complexity index is 709. The van der Waals surface area contributed by atoms with Crippen LogP contribution in [0.3, 0.4) is 0 Å². The monoisotopic (exact) mass is 287 g/mol. The number of amides is 1. The van der Waals surface area contributed by atoms with Crippen LogP contribution in [0.1, 0.15) is 12.0 Å². The molecule has 1 amide bonds. The third-order valence-corrected chi connectivity index (χ3v) is 4.10. The van der Waals surface area contributed by atoms with Crippen molar-refractivity contribution in [1.29, 1.82) is 0 Å². The van der Waals surface area contributed by atoms with Gasteiger partial charge >= 0.3 is 5.97 Å². The highest BCUT2D eigenvalue weighted by atomic mass is 16.4. The zero-order valence-corrected chi connectivity index (χ0v) is 11.5. The van der Waals surface area contributed by atoms with E-state index in [2.05, 4.69) is 4.98 Å². The maximum absolute atomic E-state index is 12.3. The number of carboxylic acid groups (broad SMARTS) is 1. The lowest BCUT2D eigenvalue weighted by atomic mass is 10.0. The van der Waals surface area contributed by atoms with Crippen molar-refractivity contribution in [3.05, 3.63) is 36.0 Å². The molecule has 110 valence electrons. The number of carbonyl (C=O) groups is 2. The zero-order valence-electron chi connectivity index (χ0n) is 11.5. The van der Waals surface area contributed by atoms with Crippen LogP contribution < -0.4 is 5.73 Å². The number of aliphatic carboxylic acids is 1. The van der Waals surface area contributed by atoms with Crippen LogP contribution in [0.2, 0.25) is 0 Å². The van der Waals surface area contributed by atoms with Gasteiger partial charge in [0.1, 0.15) is 5.54 Å². The highest BCUT2D eigenvalue weighted by Gasteiger charge is 2.42. The summed E-state index contributed by atoms with van der Waals surface area (Å²) in [4.78, 5) is 28.1. The smallest absolute Gasteiger partial charge is 0.325 e. The van der Waals surface area contributed by atoms with Gasteiger partial charge in [-0.3, -0.25) is 9.59 Å². The molecule has 0 saturated carbocycles. The van der Waals surface area contributed by atoms with Gasteiger partial charge in [-0.2, -0.15) is 0 Å². The highest BCUT2D eigenvalue weighted by Crippen LogP contribution is 2.22. The summed E-state index contributed by atoms with van der Waals surface area (Å²) >= 11 is 0. The van der Waals surface area contributed by atoms with Crippen LogP contribution in [0.25, 0.3) is 10.9 Å². The van der Waals surface area contributed by atoms with Gasteiger partial charge in [0.25, 0.3) is 0 Å². The summed E-state index contributed by atoms with van der Waals surface area (Å²) in [6, 6.07) is 7.77. The Kier molecular flexibility index (Phi) is 3.17. The minimum absolute atomic E-state index is 0.0729. The summed E-state index contributed by atoms with van der Waals surface area (Å²) in [5.41, 5.74) is 6.39. The molecule has 1 atom stereocenters. The SMILES string of the molecule is NC1(C(=O)O)CCN(C(=O)Cc2c[nH]c3ccccc23)C1. The number of rotatable bonds is 3. The van der Waals surface area contributed by atoms with E-state index >= 15 is 0 Å². The van der Waals surface area contributed by atoms with Crippen LogP contribution in [-0.2, 0) is 16.0 Å². The fourth-order valence-corrected chi connectivity index (χ4v) is 2.77. The number of nitrogens with two attached hydrogens (primary N) is 1. The van der Waals surface area contributed by atoms with Gasteiger partial charge < -0.3 is 20.7 Å². The normalized spacial score (nSPS) is 21.9. The van der Waals surface area contributed by atoms with Crippen molar-refractivity contribution >= 4 is 22.8 Å². The second-order valence-corrected chi connectivity index (χ2v) is 5.56. The molecule has 2 aromatic rings. The predicted molar refractivity (Wildman–Crippen MR) is 77.8 cm³/mol. The van der Waals surface area contributed by atoms with E-state index in [-0.39, 0.29) is 18.9 Å². The van der Waals surface area contributed by atoms with Crippen molar-refractivity contribution in [3.63, 3.8) is 0 Å². The number of carboxylic acids is 1. The largest absolute Gasteiger partial charge is 0.480 e. The van der Waals surface area contributed by atoms with E-state index in [0.29, 0.717) is 13.0 Å². The molecule has 1 saturated heterocycles. The van der Waals surface area contributed by atoms with Crippen molar-refractivity contribution < 1.29 is 14.7 Å². The number of likely N-dealkylation sites (tertiary alicyclic amines) is 1. The number of para-hydroxylation sites is 1. The van der Waals surface area contributed by atoms with Crippen molar-refractivity contribution in [2.45, 2.75) is 18.4 Å². The van der Waals surface area contributed by atoms with Gasteiger partial charge in [0.15, 0.2) is 0 Å². The zero-order chi connectivity index (χ0) is 15.0. The number of nitrogens with one attached hydrogen (secondary N) is 1. The van der Waals surface area contributed by atoms with E-state index in [1.165, 1.54) is 4.90 Å². The van der Waals surface area contributed by atoms with Gasteiger partial charge in [0.2, 0.25) is 5.91 Å². The first-order chi connectivity index (χ1) is 9.99. The number of fused-ring (bicyclic) bond motifs is 1. The molecule has 3 rings (SSSR count). The fraction of sp³-hybridized carbons (Fsp3) is 0.333. The Labute approximate surface area is 121 Å². The van der Waals surface area contributed by atoms with E-state index in [1.807, 2.05) is 30.5 Å². The number of carbonyl (C=O) groups excluding carboxylic acids is 1. The average molecular weight is 287 g/mol. The van der Waals surface area contributed by atoms with Gasteiger partial charge in [-0.1, -0.05) is 18.2 Å².